The summed E-state index contributed by atoms with van der Waals surface area (Å²) in [5.74, 6) is 0.613. The Hall–Kier alpha value is -2.21. The molecule has 1 saturated carbocycles. The average molecular weight is 369 g/mol. The van der Waals surface area contributed by atoms with E-state index in [2.05, 4.69) is 10.3 Å². The second kappa shape index (κ2) is 7.58. The monoisotopic (exact) mass is 369 g/mol. The van der Waals surface area contributed by atoms with E-state index in [0.717, 1.165) is 42.8 Å². The molecule has 1 aliphatic carbocycles. The number of hydrogen-bond donors (Lipinski definition) is 1. The van der Waals surface area contributed by atoms with Crippen LogP contribution < -0.4 is 5.32 Å². The topological polar surface area (TPSA) is 62.3 Å². The molecule has 2 amide bonds. The summed E-state index contributed by atoms with van der Waals surface area (Å²) in [4.78, 5) is 32.0. The zero-order valence-corrected chi connectivity index (χ0v) is 15.5. The van der Waals surface area contributed by atoms with Crippen molar-refractivity contribution in [2.24, 2.45) is 0 Å². The lowest BCUT2D eigenvalue weighted by Crippen LogP contribution is -2.38. The van der Waals surface area contributed by atoms with Crippen LogP contribution in [0.1, 0.15) is 52.5 Å². The standard InChI is InChI=1S/C20H23N3O2S/c24-17(9-6-14-4-2-1-3-5-14)23-11-10-16(12-23)22-20(25)19-18(15-7-8-15)21-13-26-19/h1-5,13,15-16H,6-12H2,(H,22,25). The molecule has 2 heterocycles. The molecule has 4 rings (SSSR count). The van der Waals surface area contributed by atoms with Crippen LogP contribution in [0, 0.1) is 0 Å². The van der Waals surface area contributed by atoms with Crippen molar-refractivity contribution in [1.29, 1.82) is 0 Å². The molecular formula is C20H23N3O2S. The number of hydrogen-bond acceptors (Lipinski definition) is 4. The molecule has 1 aliphatic heterocycles. The van der Waals surface area contributed by atoms with Gasteiger partial charge in [-0.05, 0) is 31.2 Å². The van der Waals surface area contributed by atoms with Crippen molar-refractivity contribution in [3.05, 3.63) is 52.0 Å². The fraction of sp³-hybridized carbons (Fsp3) is 0.450. The van der Waals surface area contributed by atoms with Gasteiger partial charge in [-0.3, -0.25) is 9.59 Å². The van der Waals surface area contributed by atoms with Crippen molar-refractivity contribution in [2.75, 3.05) is 13.1 Å². The van der Waals surface area contributed by atoms with Gasteiger partial charge in [-0.2, -0.15) is 0 Å². The lowest BCUT2D eigenvalue weighted by Gasteiger charge is -2.17. The first-order valence-corrected chi connectivity index (χ1v) is 10.1. The van der Waals surface area contributed by atoms with Crippen LogP contribution in [0.15, 0.2) is 35.8 Å². The number of amides is 2. The maximum Gasteiger partial charge on any atom is 0.263 e. The summed E-state index contributed by atoms with van der Waals surface area (Å²) in [7, 11) is 0. The minimum absolute atomic E-state index is 0.0296. The number of carbonyl (C=O) groups excluding carboxylic acids is 2. The molecule has 0 radical (unpaired) electrons. The summed E-state index contributed by atoms with van der Waals surface area (Å²) in [6.45, 7) is 1.33. The molecule has 1 saturated heterocycles. The predicted molar refractivity (Wildman–Crippen MR) is 101 cm³/mol. The molecule has 2 fully saturated rings. The number of thiazole rings is 1. The summed E-state index contributed by atoms with van der Waals surface area (Å²) >= 11 is 1.42. The van der Waals surface area contributed by atoms with Crippen molar-refractivity contribution >= 4 is 23.2 Å². The number of nitrogens with zero attached hydrogens (tertiary/aromatic N) is 2. The lowest BCUT2D eigenvalue weighted by atomic mass is 10.1. The number of benzene rings is 1. The first kappa shape index (κ1) is 17.2. The molecule has 1 N–H and O–H groups in total. The van der Waals surface area contributed by atoms with Crippen LogP contribution in [0.4, 0.5) is 0 Å². The Bertz CT molecular complexity index is 785. The van der Waals surface area contributed by atoms with Crippen LogP contribution in [0.5, 0.6) is 0 Å². The summed E-state index contributed by atoms with van der Waals surface area (Å²) in [5, 5.41) is 3.10. The second-order valence-electron chi connectivity index (χ2n) is 7.13. The third-order valence-corrected chi connectivity index (χ3v) is 5.95. The van der Waals surface area contributed by atoms with Gasteiger partial charge in [-0.15, -0.1) is 11.3 Å². The van der Waals surface area contributed by atoms with Gasteiger partial charge >= 0.3 is 0 Å². The van der Waals surface area contributed by atoms with E-state index in [-0.39, 0.29) is 17.9 Å². The smallest absolute Gasteiger partial charge is 0.263 e. The van der Waals surface area contributed by atoms with E-state index >= 15 is 0 Å². The minimum atomic E-state index is -0.0296. The van der Waals surface area contributed by atoms with Gasteiger partial charge in [0.05, 0.1) is 11.2 Å². The van der Waals surface area contributed by atoms with Crippen LogP contribution in [0.25, 0.3) is 0 Å². The second-order valence-corrected chi connectivity index (χ2v) is 7.98. The van der Waals surface area contributed by atoms with Crippen molar-refractivity contribution in [1.82, 2.24) is 15.2 Å². The maximum absolute atomic E-state index is 12.6. The number of likely N-dealkylation sites (tertiary alicyclic amines) is 1. The van der Waals surface area contributed by atoms with Crippen LogP contribution in [0.3, 0.4) is 0 Å². The van der Waals surface area contributed by atoms with E-state index in [1.165, 1.54) is 16.9 Å². The molecule has 26 heavy (non-hydrogen) atoms. The Morgan fingerprint density at radius 3 is 2.77 bits per heavy atom. The highest BCUT2D eigenvalue weighted by atomic mass is 32.1. The van der Waals surface area contributed by atoms with E-state index in [1.807, 2.05) is 35.2 Å². The van der Waals surface area contributed by atoms with Crippen LogP contribution in [-0.4, -0.2) is 40.8 Å². The highest BCUT2D eigenvalue weighted by Gasteiger charge is 2.32. The van der Waals surface area contributed by atoms with E-state index in [1.54, 1.807) is 5.51 Å². The molecule has 2 aromatic rings. The Balaban J connectivity index is 1.27. The summed E-state index contributed by atoms with van der Waals surface area (Å²) in [5.41, 5.74) is 3.90. The zero-order valence-electron chi connectivity index (χ0n) is 14.7. The van der Waals surface area contributed by atoms with Crippen molar-refractivity contribution < 1.29 is 9.59 Å². The Morgan fingerprint density at radius 2 is 2.00 bits per heavy atom. The van der Waals surface area contributed by atoms with Crippen LogP contribution >= 0.6 is 11.3 Å². The SMILES string of the molecule is O=C(NC1CCN(C(=O)CCc2ccccc2)C1)c1scnc1C1CC1. The predicted octanol–water partition coefficient (Wildman–Crippen LogP) is 2.98. The number of rotatable bonds is 6. The van der Waals surface area contributed by atoms with E-state index in [4.69, 9.17) is 0 Å². The Labute approximate surface area is 157 Å². The number of nitrogens with one attached hydrogen (secondary N) is 1. The lowest BCUT2D eigenvalue weighted by molar-refractivity contribution is -0.130. The molecule has 2 aliphatic rings. The van der Waals surface area contributed by atoms with E-state index in [9.17, 15) is 9.59 Å². The van der Waals surface area contributed by atoms with Gasteiger partial charge in [0.2, 0.25) is 5.91 Å². The molecule has 5 nitrogen and oxygen atoms in total. The van der Waals surface area contributed by atoms with Crippen LogP contribution in [0.2, 0.25) is 0 Å². The molecule has 6 heteroatoms. The molecule has 1 aromatic heterocycles. The third-order valence-electron chi connectivity index (χ3n) is 5.11. The molecular weight excluding hydrogens is 346 g/mol. The molecule has 0 spiro atoms. The molecule has 1 unspecified atom stereocenters. The van der Waals surface area contributed by atoms with Gasteiger partial charge in [0.25, 0.3) is 5.91 Å². The van der Waals surface area contributed by atoms with Gasteiger partial charge in [-0.1, -0.05) is 30.3 Å². The molecule has 0 bridgehead atoms. The fourth-order valence-corrected chi connectivity index (χ4v) is 4.26. The van der Waals surface area contributed by atoms with Gasteiger partial charge in [-0.25, -0.2) is 4.98 Å². The summed E-state index contributed by atoms with van der Waals surface area (Å²) < 4.78 is 0. The number of aromatic nitrogens is 1. The van der Waals surface area contributed by atoms with Gasteiger partial charge in [0.15, 0.2) is 0 Å². The Morgan fingerprint density at radius 1 is 1.19 bits per heavy atom. The minimum Gasteiger partial charge on any atom is -0.347 e. The maximum atomic E-state index is 12.6. The highest BCUT2D eigenvalue weighted by Crippen LogP contribution is 2.41. The van der Waals surface area contributed by atoms with Gasteiger partial charge in [0.1, 0.15) is 4.88 Å². The normalized spacial score (nSPS) is 19.5. The largest absolute Gasteiger partial charge is 0.347 e. The zero-order chi connectivity index (χ0) is 17.9. The van der Waals surface area contributed by atoms with Crippen molar-refractivity contribution in [3.8, 4) is 0 Å². The summed E-state index contributed by atoms with van der Waals surface area (Å²) in [6, 6.07) is 10.1. The third kappa shape index (κ3) is 3.96. The Kier molecular flexibility index (Phi) is 5.02. The van der Waals surface area contributed by atoms with Crippen molar-refractivity contribution in [3.63, 3.8) is 0 Å². The molecule has 1 aromatic carbocycles. The quantitative estimate of drug-likeness (QED) is 0.851. The number of carbonyl (C=O) groups is 2. The first-order chi connectivity index (χ1) is 12.7. The van der Waals surface area contributed by atoms with Crippen molar-refractivity contribution in [2.45, 2.75) is 44.1 Å². The summed E-state index contributed by atoms with van der Waals surface area (Å²) in [6.07, 6.45) is 4.37. The van der Waals surface area contributed by atoms with Gasteiger partial charge < -0.3 is 10.2 Å². The molecule has 136 valence electrons. The number of aryl methyl sites for hydroxylation is 1. The fourth-order valence-electron chi connectivity index (χ4n) is 3.48. The van der Waals surface area contributed by atoms with Crippen LogP contribution in [-0.2, 0) is 11.2 Å². The van der Waals surface area contributed by atoms with E-state index < -0.39 is 0 Å². The molecule has 1 atom stereocenters. The van der Waals surface area contributed by atoms with E-state index in [0.29, 0.717) is 18.9 Å². The highest BCUT2D eigenvalue weighted by molar-refractivity contribution is 7.11. The average Bonchev–Trinajstić information content (AvgIpc) is 3.19. The van der Waals surface area contributed by atoms with Gasteiger partial charge in [0, 0.05) is 31.5 Å². The first-order valence-electron chi connectivity index (χ1n) is 9.26.